The first-order valence-electron chi connectivity index (χ1n) is 8.63. The smallest absolute Gasteiger partial charge is 0.223 e. The highest BCUT2D eigenvalue weighted by Gasteiger charge is 2.34. The lowest BCUT2D eigenvalue weighted by molar-refractivity contribution is -0.127. The molecule has 0 bridgehead atoms. The van der Waals surface area contributed by atoms with Gasteiger partial charge in [-0.1, -0.05) is 39.0 Å². The van der Waals surface area contributed by atoms with E-state index in [0.717, 1.165) is 44.1 Å². The highest BCUT2D eigenvalue weighted by molar-refractivity contribution is 5.78. The lowest BCUT2D eigenvalue weighted by atomic mass is 9.67. The number of rotatable bonds is 6. The average molecular weight is 281 g/mol. The highest BCUT2D eigenvalue weighted by atomic mass is 16.3. The van der Waals surface area contributed by atoms with Crippen LogP contribution in [0.25, 0.3) is 0 Å². The fraction of sp³-hybridized carbons (Fsp3) is 0.941. The Bertz CT molecular complexity index is 305. The maximum absolute atomic E-state index is 12.3. The van der Waals surface area contributed by atoms with E-state index >= 15 is 0 Å². The van der Waals surface area contributed by atoms with Crippen LogP contribution < -0.4 is 5.32 Å². The predicted octanol–water partition coefficient (Wildman–Crippen LogP) is 3.12. The number of amides is 1. The summed E-state index contributed by atoms with van der Waals surface area (Å²) in [7, 11) is 0. The summed E-state index contributed by atoms with van der Waals surface area (Å²) in [6.07, 6.45) is 10.8. The quantitative estimate of drug-likeness (QED) is 0.786. The number of aliphatic hydroxyl groups is 1. The molecule has 2 N–H and O–H groups in total. The largest absolute Gasteiger partial charge is 0.396 e. The summed E-state index contributed by atoms with van der Waals surface area (Å²) in [5, 5.41) is 12.1. The van der Waals surface area contributed by atoms with Crippen LogP contribution in [-0.4, -0.2) is 24.2 Å². The fourth-order valence-corrected chi connectivity index (χ4v) is 4.13. The first-order chi connectivity index (χ1) is 9.74. The predicted molar refractivity (Wildman–Crippen MR) is 81.3 cm³/mol. The second-order valence-electron chi connectivity index (χ2n) is 6.85. The molecule has 2 aliphatic rings. The second-order valence-corrected chi connectivity index (χ2v) is 6.85. The summed E-state index contributed by atoms with van der Waals surface area (Å²) in [6, 6.07) is 0. The molecule has 0 radical (unpaired) electrons. The standard InChI is InChI=1S/C17H31NO2/c1-2-13(9-10-19)12-18-17(20)16-8-7-14-5-3-4-6-15(14)11-16/h13-16,19H,2-12H2,1H3,(H,18,20). The molecule has 3 nitrogen and oxygen atoms in total. The first kappa shape index (κ1) is 15.8. The van der Waals surface area contributed by atoms with Gasteiger partial charge in [-0.15, -0.1) is 0 Å². The van der Waals surface area contributed by atoms with Crippen molar-refractivity contribution in [2.75, 3.05) is 13.2 Å². The molecule has 2 rings (SSSR count). The van der Waals surface area contributed by atoms with Crippen LogP contribution >= 0.6 is 0 Å². The summed E-state index contributed by atoms with van der Waals surface area (Å²) in [6.45, 7) is 3.09. The zero-order valence-electron chi connectivity index (χ0n) is 12.9. The van der Waals surface area contributed by atoms with E-state index in [2.05, 4.69) is 12.2 Å². The SMILES string of the molecule is CCC(CCO)CNC(=O)C1CCC2CCCCC2C1. The van der Waals surface area contributed by atoms with Gasteiger partial charge in [-0.25, -0.2) is 0 Å². The van der Waals surface area contributed by atoms with Gasteiger partial charge in [0, 0.05) is 19.1 Å². The third-order valence-electron chi connectivity index (χ3n) is 5.59. The minimum Gasteiger partial charge on any atom is -0.396 e. The van der Waals surface area contributed by atoms with Crippen LogP contribution in [0, 0.1) is 23.7 Å². The van der Waals surface area contributed by atoms with E-state index in [1.54, 1.807) is 0 Å². The maximum atomic E-state index is 12.3. The number of aliphatic hydroxyl groups excluding tert-OH is 1. The Morgan fingerprint density at radius 2 is 1.95 bits per heavy atom. The van der Waals surface area contributed by atoms with Gasteiger partial charge < -0.3 is 10.4 Å². The van der Waals surface area contributed by atoms with Gasteiger partial charge in [0.25, 0.3) is 0 Å². The minimum absolute atomic E-state index is 0.224. The van der Waals surface area contributed by atoms with E-state index in [0.29, 0.717) is 5.92 Å². The van der Waals surface area contributed by atoms with Gasteiger partial charge in [-0.05, 0) is 43.4 Å². The Hall–Kier alpha value is -0.570. The zero-order chi connectivity index (χ0) is 14.4. The monoisotopic (exact) mass is 281 g/mol. The molecule has 2 fully saturated rings. The fourth-order valence-electron chi connectivity index (χ4n) is 4.13. The van der Waals surface area contributed by atoms with Crippen molar-refractivity contribution in [1.82, 2.24) is 5.32 Å². The van der Waals surface area contributed by atoms with Crippen molar-refractivity contribution in [3.63, 3.8) is 0 Å². The molecule has 1 amide bonds. The summed E-state index contributed by atoms with van der Waals surface area (Å²) < 4.78 is 0. The van der Waals surface area contributed by atoms with Crippen molar-refractivity contribution in [3.05, 3.63) is 0 Å². The van der Waals surface area contributed by atoms with Crippen molar-refractivity contribution in [2.45, 2.75) is 64.7 Å². The third-order valence-corrected chi connectivity index (χ3v) is 5.59. The summed E-state index contributed by atoms with van der Waals surface area (Å²) in [4.78, 5) is 12.3. The first-order valence-corrected chi connectivity index (χ1v) is 8.63. The molecule has 20 heavy (non-hydrogen) atoms. The van der Waals surface area contributed by atoms with Crippen LogP contribution in [-0.2, 0) is 4.79 Å². The van der Waals surface area contributed by atoms with Crippen molar-refractivity contribution in [1.29, 1.82) is 0 Å². The summed E-state index contributed by atoms with van der Waals surface area (Å²) >= 11 is 0. The van der Waals surface area contributed by atoms with Crippen LogP contribution in [0.5, 0.6) is 0 Å². The number of nitrogens with one attached hydrogen (secondary N) is 1. The van der Waals surface area contributed by atoms with E-state index in [1.165, 1.54) is 32.1 Å². The Morgan fingerprint density at radius 1 is 1.20 bits per heavy atom. The molecule has 0 aromatic carbocycles. The molecule has 3 heteroatoms. The van der Waals surface area contributed by atoms with Gasteiger partial charge in [0.05, 0.1) is 0 Å². The Morgan fingerprint density at radius 3 is 2.65 bits per heavy atom. The normalized spacial score (nSPS) is 31.4. The van der Waals surface area contributed by atoms with Crippen molar-refractivity contribution in [2.24, 2.45) is 23.7 Å². The topological polar surface area (TPSA) is 49.3 Å². The molecule has 116 valence electrons. The lowest BCUT2D eigenvalue weighted by Crippen LogP contribution is -2.39. The van der Waals surface area contributed by atoms with Gasteiger partial charge in [0.15, 0.2) is 0 Å². The van der Waals surface area contributed by atoms with Gasteiger partial charge in [0.1, 0.15) is 0 Å². The van der Waals surface area contributed by atoms with Gasteiger partial charge in [0.2, 0.25) is 5.91 Å². The highest BCUT2D eigenvalue weighted by Crippen LogP contribution is 2.42. The third kappa shape index (κ3) is 4.21. The van der Waals surface area contributed by atoms with Crippen molar-refractivity contribution in [3.8, 4) is 0 Å². The molecule has 2 saturated carbocycles. The number of carbonyl (C=O) groups excluding carboxylic acids is 1. The molecule has 0 saturated heterocycles. The molecule has 0 aromatic heterocycles. The molecule has 0 spiro atoms. The molecular weight excluding hydrogens is 250 g/mol. The molecule has 0 heterocycles. The van der Waals surface area contributed by atoms with Gasteiger partial charge >= 0.3 is 0 Å². The van der Waals surface area contributed by atoms with Gasteiger partial charge in [-0.3, -0.25) is 4.79 Å². The molecule has 2 aliphatic carbocycles. The number of fused-ring (bicyclic) bond motifs is 1. The van der Waals surface area contributed by atoms with E-state index < -0.39 is 0 Å². The van der Waals surface area contributed by atoms with Crippen LogP contribution in [0.15, 0.2) is 0 Å². The molecule has 0 aliphatic heterocycles. The minimum atomic E-state index is 0.224. The molecule has 4 unspecified atom stereocenters. The molecule has 0 aromatic rings. The van der Waals surface area contributed by atoms with Crippen LogP contribution in [0.1, 0.15) is 64.7 Å². The number of hydrogen-bond donors (Lipinski definition) is 2. The maximum Gasteiger partial charge on any atom is 0.223 e. The second kappa shape index (κ2) is 8.02. The van der Waals surface area contributed by atoms with E-state index in [4.69, 9.17) is 5.11 Å². The summed E-state index contributed by atoms with van der Waals surface area (Å²) in [5.41, 5.74) is 0. The van der Waals surface area contributed by atoms with Crippen molar-refractivity contribution < 1.29 is 9.90 Å². The summed E-state index contributed by atoms with van der Waals surface area (Å²) in [5.74, 6) is 2.67. The molecule has 4 atom stereocenters. The van der Waals surface area contributed by atoms with Crippen molar-refractivity contribution >= 4 is 5.91 Å². The van der Waals surface area contributed by atoms with Gasteiger partial charge in [-0.2, -0.15) is 0 Å². The number of carbonyl (C=O) groups is 1. The van der Waals surface area contributed by atoms with E-state index in [9.17, 15) is 4.79 Å². The molecular formula is C17H31NO2. The Balaban J connectivity index is 1.75. The lowest BCUT2D eigenvalue weighted by Gasteiger charge is -2.38. The zero-order valence-corrected chi connectivity index (χ0v) is 12.9. The van der Waals surface area contributed by atoms with Crippen LogP contribution in [0.3, 0.4) is 0 Å². The Labute approximate surface area is 123 Å². The van der Waals surface area contributed by atoms with E-state index in [-0.39, 0.29) is 18.4 Å². The van der Waals surface area contributed by atoms with E-state index in [1.807, 2.05) is 0 Å². The number of hydrogen-bond acceptors (Lipinski definition) is 2. The Kier molecular flexibility index (Phi) is 6.34. The van der Waals surface area contributed by atoms with Crippen LogP contribution in [0.4, 0.5) is 0 Å². The average Bonchev–Trinajstić information content (AvgIpc) is 2.50. The van der Waals surface area contributed by atoms with Crippen LogP contribution in [0.2, 0.25) is 0 Å².